The van der Waals surface area contributed by atoms with E-state index in [9.17, 15) is 9.59 Å². The van der Waals surface area contributed by atoms with E-state index in [0.717, 1.165) is 5.56 Å². The molecule has 0 aromatic carbocycles. The second-order valence-electron chi connectivity index (χ2n) is 3.02. The van der Waals surface area contributed by atoms with Gasteiger partial charge in [0.05, 0.1) is 12.2 Å². The molecule has 82 valence electrons. The van der Waals surface area contributed by atoms with E-state index in [1.807, 2.05) is 0 Å². The smallest absolute Gasteiger partial charge is 0.328 e. The van der Waals surface area contributed by atoms with E-state index in [-0.39, 0.29) is 0 Å². The Morgan fingerprint density at radius 2 is 2.20 bits per heavy atom. The van der Waals surface area contributed by atoms with Gasteiger partial charge in [0, 0.05) is 5.38 Å². The lowest BCUT2D eigenvalue weighted by atomic mass is 10.2. The van der Waals surface area contributed by atoms with Crippen molar-refractivity contribution in [3.63, 3.8) is 0 Å². The first-order chi connectivity index (χ1) is 7.06. The van der Waals surface area contributed by atoms with Crippen molar-refractivity contribution in [1.29, 1.82) is 0 Å². The van der Waals surface area contributed by atoms with Crippen molar-refractivity contribution in [2.75, 3.05) is 6.61 Å². The van der Waals surface area contributed by atoms with Crippen LogP contribution in [0.25, 0.3) is 0 Å². The van der Waals surface area contributed by atoms with Crippen LogP contribution in [0, 0.1) is 6.92 Å². The van der Waals surface area contributed by atoms with Gasteiger partial charge in [0.2, 0.25) is 0 Å². The Hall–Kier alpha value is -1.40. The zero-order chi connectivity index (χ0) is 11.4. The highest BCUT2D eigenvalue weighted by Crippen LogP contribution is 2.13. The van der Waals surface area contributed by atoms with Gasteiger partial charge in [0.15, 0.2) is 6.04 Å². The maximum atomic E-state index is 11.5. The highest BCUT2D eigenvalue weighted by atomic mass is 32.1. The van der Waals surface area contributed by atoms with Gasteiger partial charge >= 0.3 is 5.97 Å². The molecule has 1 aromatic rings. The molecule has 0 bridgehead atoms. The number of carbonyl (C=O) groups excluding carboxylic acids is 1. The van der Waals surface area contributed by atoms with Gasteiger partial charge < -0.3 is 15.5 Å². The molecular weight excluding hydrogens is 218 g/mol. The highest BCUT2D eigenvalue weighted by Gasteiger charge is 2.20. The number of carbonyl (C=O) groups is 2. The minimum Gasteiger partial charge on any atom is -0.480 e. The number of nitrogens with one attached hydrogen (secondary N) is 1. The van der Waals surface area contributed by atoms with Crippen LogP contribution in [-0.4, -0.2) is 34.7 Å². The fourth-order valence-electron chi connectivity index (χ4n) is 1.01. The quantitative estimate of drug-likeness (QED) is 0.690. The predicted molar refractivity (Wildman–Crippen MR) is 55.0 cm³/mol. The van der Waals surface area contributed by atoms with Gasteiger partial charge in [-0.2, -0.15) is 11.3 Å². The molecule has 3 N–H and O–H groups in total. The summed E-state index contributed by atoms with van der Waals surface area (Å²) in [5.74, 6) is -1.73. The van der Waals surface area contributed by atoms with Crippen LogP contribution in [0.5, 0.6) is 0 Å². The second-order valence-corrected chi connectivity index (χ2v) is 3.76. The number of aliphatic hydroxyl groups is 1. The van der Waals surface area contributed by atoms with Crippen molar-refractivity contribution in [3.05, 3.63) is 21.9 Å². The standard InChI is InChI=1S/C9H11NO4S/c1-5-3-15-4-6(5)8(12)10-7(2-11)9(13)14/h3-4,7,11H,2H2,1H3,(H,10,12)(H,13,14)/t7-/m1/s1. The van der Waals surface area contributed by atoms with Gasteiger partial charge in [-0.15, -0.1) is 0 Å². The van der Waals surface area contributed by atoms with Crippen molar-refractivity contribution in [2.24, 2.45) is 0 Å². The van der Waals surface area contributed by atoms with Gasteiger partial charge in [-0.25, -0.2) is 4.79 Å². The number of amides is 1. The molecule has 1 heterocycles. The van der Waals surface area contributed by atoms with Crippen molar-refractivity contribution in [3.8, 4) is 0 Å². The number of thiophene rings is 1. The van der Waals surface area contributed by atoms with Crippen LogP contribution in [0.1, 0.15) is 15.9 Å². The summed E-state index contributed by atoms with van der Waals surface area (Å²) in [7, 11) is 0. The summed E-state index contributed by atoms with van der Waals surface area (Å²) in [6.07, 6.45) is 0. The first-order valence-electron chi connectivity index (χ1n) is 4.23. The number of hydrogen-bond donors (Lipinski definition) is 3. The maximum absolute atomic E-state index is 11.5. The molecule has 0 aliphatic rings. The molecule has 0 unspecified atom stereocenters. The molecule has 0 spiro atoms. The van der Waals surface area contributed by atoms with Crippen LogP contribution in [0.15, 0.2) is 10.8 Å². The molecule has 5 nitrogen and oxygen atoms in total. The molecule has 0 aliphatic heterocycles. The summed E-state index contributed by atoms with van der Waals surface area (Å²) in [6, 6.07) is -1.25. The topological polar surface area (TPSA) is 86.6 Å². The SMILES string of the molecule is Cc1cscc1C(=O)N[C@H](CO)C(=O)O. The summed E-state index contributed by atoms with van der Waals surface area (Å²) in [6.45, 7) is 1.14. The average molecular weight is 229 g/mol. The third-order valence-electron chi connectivity index (χ3n) is 1.89. The van der Waals surface area contributed by atoms with E-state index in [0.29, 0.717) is 5.56 Å². The van der Waals surface area contributed by atoms with Crippen molar-refractivity contribution in [2.45, 2.75) is 13.0 Å². The van der Waals surface area contributed by atoms with Gasteiger partial charge in [0.1, 0.15) is 0 Å². The predicted octanol–water partition coefficient (Wildman–Crippen LogP) is 0.232. The Labute approximate surface area is 90.4 Å². The molecule has 0 aliphatic carbocycles. The Balaban J connectivity index is 2.71. The summed E-state index contributed by atoms with van der Waals surface area (Å²) in [5.41, 5.74) is 1.24. The maximum Gasteiger partial charge on any atom is 0.328 e. The van der Waals surface area contributed by atoms with E-state index in [1.165, 1.54) is 11.3 Å². The molecule has 0 radical (unpaired) electrons. The lowest BCUT2D eigenvalue weighted by molar-refractivity contribution is -0.140. The number of carboxylic acid groups (broad SMARTS) is 1. The van der Waals surface area contributed by atoms with Gasteiger partial charge in [0.25, 0.3) is 5.91 Å². The van der Waals surface area contributed by atoms with Crippen LogP contribution in [-0.2, 0) is 4.79 Å². The summed E-state index contributed by atoms with van der Waals surface area (Å²) >= 11 is 1.37. The van der Waals surface area contributed by atoms with Crippen LogP contribution < -0.4 is 5.32 Å². The molecule has 0 fully saturated rings. The molecule has 6 heteroatoms. The van der Waals surface area contributed by atoms with Crippen LogP contribution in [0.3, 0.4) is 0 Å². The average Bonchev–Trinajstić information content (AvgIpc) is 2.60. The zero-order valence-corrected chi connectivity index (χ0v) is 8.87. The van der Waals surface area contributed by atoms with Crippen LogP contribution in [0.4, 0.5) is 0 Å². The first-order valence-corrected chi connectivity index (χ1v) is 5.18. The normalized spacial score (nSPS) is 12.1. The molecule has 1 amide bonds. The van der Waals surface area contributed by atoms with E-state index in [4.69, 9.17) is 10.2 Å². The number of hydrogen-bond acceptors (Lipinski definition) is 4. The van der Waals surface area contributed by atoms with Crippen molar-refractivity contribution >= 4 is 23.2 Å². The molecule has 0 saturated carbocycles. The summed E-state index contributed by atoms with van der Waals surface area (Å²) < 4.78 is 0. The lowest BCUT2D eigenvalue weighted by Crippen LogP contribution is -2.43. The molecule has 15 heavy (non-hydrogen) atoms. The molecular formula is C9H11NO4S. The number of aliphatic hydroxyl groups excluding tert-OH is 1. The van der Waals surface area contributed by atoms with Crippen molar-refractivity contribution < 1.29 is 19.8 Å². The minimum absolute atomic E-state index is 0.444. The molecule has 1 aromatic heterocycles. The van der Waals surface area contributed by atoms with E-state index >= 15 is 0 Å². The highest BCUT2D eigenvalue weighted by molar-refractivity contribution is 7.08. The Morgan fingerprint density at radius 3 is 2.60 bits per heavy atom. The summed E-state index contributed by atoms with van der Waals surface area (Å²) in [5, 5.41) is 23.0. The molecule has 1 atom stereocenters. The fourth-order valence-corrected chi connectivity index (χ4v) is 1.84. The van der Waals surface area contributed by atoms with Gasteiger partial charge in [-0.3, -0.25) is 4.79 Å². The molecule has 0 saturated heterocycles. The van der Waals surface area contributed by atoms with E-state index in [1.54, 1.807) is 17.7 Å². The Bertz CT molecular complexity index is 374. The van der Waals surface area contributed by atoms with E-state index in [2.05, 4.69) is 5.32 Å². The van der Waals surface area contributed by atoms with Gasteiger partial charge in [-0.05, 0) is 17.9 Å². The monoisotopic (exact) mass is 229 g/mol. The number of aliphatic carboxylic acids is 1. The number of rotatable bonds is 4. The number of carboxylic acids is 1. The third-order valence-corrected chi connectivity index (χ3v) is 2.75. The van der Waals surface area contributed by atoms with Crippen LogP contribution in [0.2, 0.25) is 0 Å². The zero-order valence-electron chi connectivity index (χ0n) is 8.06. The van der Waals surface area contributed by atoms with E-state index < -0.39 is 24.5 Å². The molecule has 1 rings (SSSR count). The Morgan fingerprint density at radius 1 is 1.53 bits per heavy atom. The lowest BCUT2D eigenvalue weighted by Gasteiger charge is -2.11. The van der Waals surface area contributed by atoms with Crippen molar-refractivity contribution in [1.82, 2.24) is 5.32 Å². The number of aryl methyl sites for hydroxylation is 1. The Kier molecular flexibility index (Phi) is 3.81. The summed E-state index contributed by atoms with van der Waals surface area (Å²) in [4.78, 5) is 22.1. The minimum atomic E-state index is -1.25. The second kappa shape index (κ2) is 4.90. The first kappa shape index (κ1) is 11.7. The fraction of sp³-hybridized carbons (Fsp3) is 0.333. The largest absolute Gasteiger partial charge is 0.480 e. The van der Waals surface area contributed by atoms with Gasteiger partial charge in [-0.1, -0.05) is 0 Å². The third kappa shape index (κ3) is 2.77. The van der Waals surface area contributed by atoms with Crippen LogP contribution >= 0.6 is 11.3 Å².